The van der Waals surface area contributed by atoms with Crippen LogP contribution < -0.4 is 0 Å². The predicted octanol–water partition coefficient (Wildman–Crippen LogP) is 3.86. The van der Waals surface area contributed by atoms with Gasteiger partial charge >= 0.3 is 5.97 Å². The number of carbonyl (C=O) groups is 1. The molecule has 0 amide bonds. The fraction of sp³-hybridized carbons (Fsp3) is 0.125. The topological polar surface area (TPSA) is 51.8 Å². The van der Waals surface area contributed by atoms with Crippen LogP contribution in [0.3, 0.4) is 0 Å². The first kappa shape index (κ1) is 13.6. The summed E-state index contributed by atoms with van der Waals surface area (Å²) in [5.74, 6) is 0.510. The lowest BCUT2D eigenvalue weighted by molar-refractivity contribution is -0.130. The van der Waals surface area contributed by atoms with Crippen molar-refractivity contribution in [3.05, 3.63) is 64.7 Å². The predicted molar refractivity (Wildman–Crippen MR) is 80.0 cm³/mol. The highest BCUT2D eigenvalue weighted by Crippen LogP contribution is 2.20. The molecule has 21 heavy (non-hydrogen) atoms. The van der Waals surface area contributed by atoms with E-state index in [1.54, 1.807) is 18.2 Å². The number of hydrogen-bond donors (Lipinski definition) is 0. The summed E-state index contributed by atoms with van der Waals surface area (Å²) in [4.78, 5) is 15.9. The van der Waals surface area contributed by atoms with Crippen LogP contribution in [0.5, 0.6) is 0 Å². The van der Waals surface area contributed by atoms with Gasteiger partial charge in [0, 0.05) is 17.5 Å². The molecule has 1 aromatic heterocycles. The summed E-state index contributed by atoms with van der Waals surface area (Å²) in [5.41, 5.74) is 1.25. The molecule has 0 atom stereocenters. The molecule has 1 aromatic carbocycles. The second-order valence-corrected chi connectivity index (χ2v) is 4.94. The molecule has 0 bridgehead atoms. The number of benzene rings is 1. The first-order valence-electron chi connectivity index (χ1n) is 6.51. The van der Waals surface area contributed by atoms with E-state index in [9.17, 15) is 4.79 Å². The molecule has 0 radical (unpaired) electrons. The Morgan fingerprint density at radius 1 is 1.14 bits per heavy atom. The van der Waals surface area contributed by atoms with Gasteiger partial charge in [-0.05, 0) is 30.2 Å². The normalized spacial score (nSPS) is 16.1. The van der Waals surface area contributed by atoms with Crippen molar-refractivity contribution in [2.45, 2.75) is 12.8 Å². The van der Waals surface area contributed by atoms with Crippen LogP contribution in [0.15, 0.2) is 57.8 Å². The second kappa shape index (κ2) is 5.97. The number of nitrogens with zero attached hydrogens (tertiary/aromatic N) is 1. The zero-order valence-corrected chi connectivity index (χ0v) is 11.8. The van der Waals surface area contributed by atoms with Crippen molar-refractivity contribution in [3.8, 4) is 0 Å². The van der Waals surface area contributed by atoms with E-state index in [1.807, 2.05) is 24.3 Å². The number of esters is 1. The summed E-state index contributed by atoms with van der Waals surface area (Å²) in [6.07, 6.45) is 4.28. The molecule has 106 valence electrons. The maximum absolute atomic E-state index is 11.7. The molecule has 0 saturated heterocycles. The van der Waals surface area contributed by atoms with E-state index in [-0.39, 0.29) is 5.70 Å². The smallest absolute Gasteiger partial charge is 0.363 e. The summed E-state index contributed by atoms with van der Waals surface area (Å²) < 4.78 is 10.3. The summed E-state index contributed by atoms with van der Waals surface area (Å²) in [6, 6.07) is 11.1. The number of aryl methyl sites for hydroxylation is 1. The Labute approximate surface area is 126 Å². The molecule has 2 aromatic rings. The number of carbonyl (C=O) groups excluding carboxylic acids is 1. The molecule has 2 heterocycles. The lowest BCUT2D eigenvalue weighted by Gasteiger charge is -2.02. The number of aliphatic imine (C=N–C) groups is 1. The first-order chi connectivity index (χ1) is 10.2. The van der Waals surface area contributed by atoms with Crippen molar-refractivity contribution in [2.75, 3.05) is 0 Å². The van der Waals surface area contributed by atoms with Gasteiger partial charge in [-0.1, -0.05) is 29.8 Å². The van der Waals surface area contributed by atoms with Gasteiger partial charge in [0.25, 0.3) is 0 Å². The van der Waals surface area contributed by atoms with E-state index in [0.717, 1.165) is 5.56 Å². The molecule has 3 rings (SSSR count). The number of cyclic esters (lactones) is 1. The average molecular weight is 302 g/mol. The quantitative estimate of drug-likeness (QED) is 0.636. The molecule has 0 N–H and O–H groups in total. The van der Waals surface area contributed by atoms with Crippen LogP contribution in [0.1, 0.15) is 17.7 Å². The highest BCUT2D eigenvalue weighted by Gasteiger charge is 2.23. The van der Waals surface area contributed by atoms with Gasteiger partial charge in [-0.2, -0.15) is 0 Å². The van der Waals surface area contributed by atoms with Crippen LogP contribution in [-0.2, 0) is 16.0 Å². The minimum Gasteiger partial charge on any atom is -0.465 e. The minimum atomic E-state index is -0.458. The Hall–Kier alpha value is -2.33. The number of hydrogen-bond acceptors (Lipinski definition) is 4. The minimum absolute atomic E-state index is 0.249. The van der Waals surface area contributed by atoms with Crippen LogP contribution in [0.2, 0.25) is 5.02 Å². The third-order valence-corrected chi connectivity index (χ3v) is 3.42. The van der Waals surface area contributed by atoms with E-state index in [1.165, 1.54) is 6.26 Å². The van der Waals surface area contributed by atoms with Gasteiger partial charge in [-0.25, -0.2) is 9.79 Å². The highest BCUT2D eigenvalue weighted by molar-refractivity contribution is 6.31. The summed E-state index contributed by atoms with van der Waals surface area (Å²) >= 11 is 6.09. The van der Waals surface area contributed by atoms with E-state index in [4.69, 9.17) is 20.8 Å². The highest BCUT2D eigenvalue weighted by atomic mass is 35.5. The van der Waals surface area contributed by atoms with E-state index in [0.29, 0.717) is 29.5 Å². The fourth-order valence-electron chi connectivity index (χ4n) is 2.01. The van der Waals surface area contributed by atoms with Crippen molar-refractivity contribution < 1.29 is 13.9 Å². The van der Waals surface area contributed by atoms with Crippen molar-refractivity contribution in [3.63, 3.8) is 0 Å². The van der Waals surface area contributed by atoms with E-state index < -0.39 is 5.97 Å². The molecular formula is C16H12ClNO3. The molecule has 1 aliphatic heterocycles. The van der Waals surface area contributed by atoms with Gasteiger partial charge in [0.05, 0.1) is 6.26 Å². The average Bonchev–Trinajstić information content (AvgIpc) is 3.09. The Kier molecular flexibility index (Phi) is 3.88. The summed E-state index contributed by atoms with van der Waals surface area (Å²) in [7, 11) is 0. The van der Waals surface area contributed by atoms with Crippen LogP contribution in [0.25, 0.3) is 6.08 Å². The molecule has 0 spiro atoms. The molecular weight excluding hydrogens is 290 g/mol. The fourth-order valence-corrected chi connectivity index (χ4v) is 2.24. The van der Waals surface area contributed by atoms with Crippen LogP contribution in [0.4, 0.5) is 0 Å². The van der Waals surface area contributed by atoms with Crippen LogP contribution >= 0.6 is 11.6 Å². The molecule has 0 saturated carbocycles. The van der Waals surface area contributed by atoms with E-state index in [2.05, 4.69) is 4.99 Å². The zero-order valence-electron chi connectivity index (χ0n) is 11.1. The summed E-state index contributed by atoms with van der Waals surface area (Å²) in [6.45, 7) is 0. The van der Waals surface area contributed by atoms with E-state index >= 15 is 0 Å². The maximum atomic E-state index is 11.7. The Bertz CT molecular complexity index is 717. The SMILES string of the molecule is O=C1OC(CCc2ccccc2Cl)=N/C1=C/c1ccco1. The van der Waals surface area contributed by atoms with Gasteiger partial charge in [0.2, 0.25) is 0 Å². The van der Waals surface area contributed by atoms with Crippen molar-refractivity contribution >= 4 is 29.5 Å². The van der Waals surface area contributed by atoms with Gasteiger partial charge < -0.3 is 9.15 Å². The Morgan fingerprint density at radius 2 is 2.00 bits per heavy atom. The number of halogens is 1. The van der Waals surface area contributed by atoms with Gasteiger partial charge in [-0.15, -0.1) is 0 Å². The van der Waals surface area contributed by atoms with Gasteiger partial charge in [-0.3, -0.25) is 0 Å². The Balaban J connectivity index is 1.70. The number of rotatable bonds is 4. The van der Waals surface area contributed by atoms with Crippen LogP contribution in [0, 0.1) is 0 Å². The lowest BCUT2D eigenvalue weighted by atomic mass is 10.1. The molecule has 0 unspecified atom stereocenters. The maximum Gasteiger partial charge on any atom is 0.363 e. The monoisotopic (exact) mass is 301 g/mol. The number of furan rings is 1. The molecule has 0 aliphatic carbocycles. The second-order valence-electron chi connectivity index (χ2n) is 4.53. The third kappa shape index (κ3) is 3.23. The Morgan fingerprint density at radius 3 is 2.76 bits per heavy atom. The largest absolute Gasteiger partial charge is 0.465 e. The van der Waals surface area contributed by atoms with Crippen molar-refractivity contribution in [2.24, 2.45) is 4.99 Å². The van der Waals surface area contributed by atoms with Crippen molar-refractivity contribution in [1.82, 2.24) is 0 Å². The third-order valence-electron chi connectivity index (χ3n) is 3.05. The summed E-state index contributed by atoms with van der Waals surface area (Å²) in [5, 5.41) is 0.703. The van der Waals surface area contributed by atoms with Crippen LogP contribution in [-0.4, -0.2) is 11.9 Å². The molecule has 5 heteroatoms. The zero-order chi connectivity index (χ0) is 14.7. The molecule has 1 aliphatic rings. The van der Waals surface area contributed by atoms with Gasteiger partial charge in [0.1, 0.15) is 5.76 Å². The van der Waals surface area contributed by atoms with Crippen molar-refractivity contribution in [1.29, 1.82) is 0 Å². The molecule has 4 nitrogen and oxygen atoms in total. The number of ether oxygens (including phenoxy) is 1. The standard InChI is InChI=1S/C16H12ClNO3/c17-13-6-2-1-4-11(13)7-8-15-18-14(16(19)21-15)10-12-5-3-9-20-12/h1-6,9-10H,7-8H2/b14-10+. The van der Waals surface area contributed by atoms with Gasteiger partial charge in [0.15, 0.2) is 11.6 Å². The lowest BCUT2D eigenvalue weighted by Crippen LogP contribution is -2.05. The molecule has 0 fully saturated rings. The first-order valence-corrected chi connectivity index (χ1v) is 6.88.